The summed E-state index contributed by atoms with van der Waals surface area (Å²) >= 11 is 1.23. The molecule has 98 valence electrons. The second-order valence-corrected chi connectivity index (χ2v) is 7.35. The van der Waals surface area contributed by atoms with E-state index in [9.17, 15) is 8.42 Å². The average Bonchev–Trinajstić information content (AvgIpc) is 2.73. The largest absolute Gasteiger partial charge is 0.326 e. The molecule has 1 aliphatic rings. The topological polar surface area (TPSA) is 76.3 Å². The third-order valence-electron chi connectivity index (χ3n) is 2.62. The number of hydrogen-bond acceptors (Lipinski definition) is 5. The summed E-state index contributed by atoms with van der Waals surface area (Å²) < 4.78 is 26.3. The van der Waals surface area contributed by atoms with Crippen LogP contribution in [0.4, 0.5) is 0 Å². The van der Waals surface area contributed by atoms with Gasteiger partial charge in [0.25, 0.3) is 10.0 Å². The molecule has 2 heterocycles. The molecule has 0 aliphatic carbocycles. The predicted molar refractivity (Wildman–Crippen MR) is 70.2 cm³/mol. The maximum atomic E-state index is 12.3. The molecule has 5 nitrogen and oxygen atoms in total. The van der Waals surface area contributed by atoms with Gasteiger partial charge in [-0.05, 0) is 20.3 Å². The first-order chi connectivity index (χ1) is 7.41. The molecule has 1 aromatic rings. The molecule has 0 saturated carbocycles. The van der Waals surface area contributed by atoms with Crippen molar-refractivity contribution in [3.8, 4) is 0 Å². The van der Waals surface area contributed by atoms with Gasteiger partial charge in [-0.2, -0.15) is 4.31 Å². The summed E-state index contributed by atoms with van der Waals surface area (Å²) in [7, 11) is -3.37. The lowest BCUT2D eigenvalue weighted by atomic mass is 10.3. The summed E-state index contributed by atoms with van der Waals surface area (Å²) in [6.07, 6.45) is 0.732. The summed E-state index contributed by atoms with van der Waals surface area (Å²) in [5.41, 5.74) is 6.31. The molecule has 0 aromatic carbocycles. The molecule has 2 rings (SSSR count). The number of aryl methyl sites for hydroxylation is 2. The lowest BCUT2D eigenvalue weighted by Gasteiger charge is -2.14. The summed E-state index contributed by atoms with van der Waals surface area (Å²) in [6, 6.07) is -0.0379. The molecule has 8 heteroatoms. The van der Waals surface area contributed by atoms with Crippen LogP contribution in [0.25, 0.3) is 0 Å². The van der Waals surface area contributed by atoms with Gasteiger partial charge in [0, 0.05) is 19.1 Å². The summed E-state index contributed by atoms with van der Waals surface area (Å²) in [4.78, 5) is 4.15. The smallest absolute Gasteiger partial charge is 0.254 e. The van der Waals surface area contributed by atoms with E-state index >= 15 is 0 Å². The molecule has 1 fully saturated rings. The fourth-order valence-electron chi connectivity index (χ4n) is 1.84. The molecule has 0 spiro atoms. The van der Waals surface area contributed by atoms with Crippen LogP contribution in [0.15, 0.2) is 4.21 Å². The molecule has 0 bridgehead atoms. The number of thiazole rings is 1. The Morgan fingerprint density at radius 3 is 2.53 bits per heavy atom. The highest BCUT2D eigenvalue weighted by Gasteiger charge is 2.33. The van der Waals surface area contributed by atoms with Crippen LogP contribution in [0.1, 0.15) is 17.1 Å². The lowest BCUT2D eigenvalue weighted by Crippen LogP contribution is -2.31. The van der Waals surface area contributed by atoms with Crippen molar-refractivity contribution in [1.82, 2.24) is 9.29 Å². The quantitative estimate of drug-likeness (QED) is 0.880. The van der Waals surface area contributed by atoms with Crippen LogP contribution in [0.3, 0.4) is 0 Å². The minimum atomic E-state index is -3.37. The van der Waals surface area contributed by atoms with Crippen LogP contribution in [-0.2, 0) is 10.0 Å². The fourth-order valence-corrected chi connectivity index (χ4v) is 4.97. The Bertz CT molecular complexity index is 500. The van der Waals surface area contributed by atoms with Crippen LogP contribution in [0, 0.1) is 13.8 Å². The van der Waals surface area contributed by atoms with Crippen molar-refractivity contribution in [2.24, 2.45) is 5.73 Å². The first kappa shape index (κ1) is 14.8. The van der Waals surface area contributed by atoms with Crippen LogP contribution < -0.4 is 5.73 Å². The lowest BCUT2D eigenvalue weighted by molar-refractivity contribution is 0.473. The highest BCUT2D eigenvalue weighted by molar-refractivity contribution is 7.91. The second kappa shape index (κ2) is 5.19. The van der Waals surface area contributed by atoms with Crippen molar-refractivity contribution in [2.75, 3.05) is 13.1 Å². The Kier molecular flexibility index (Phi) is 4.54. The third kappa shape index (κ3) is 2.79. The molecule has 17 heavy (non-hydrogen) atoms. The zero-order chi connectivity index (χ0) is 11.9. The fraction of sp³-hybridized carbons (Fsp3) is 0.667. The van der Waals surface area contributed by atoms with E-state index in [1.54, 1.807) is 6.92 Å². The number of rotatable bonds is 2. The molecule has 0 amide bonds. The van der Waals surface area contributed by atoms with Gasteiger partial charge in [-0.15, -0.1) is 23.7 Å². The standard InChI is InChI=1S/C9H15N3O2S2.ClH/c1-6-9(15-7(2)11-6)16(13,14)12-4-3-8(10)5-12;/h8H,3-5,10H2,1-2H3;1H/t8-;/m1./s1. The van der Waals surface area contributed by atoms with E-state index in [1.807, 2.05) is 6.92 Å². The van der Waals surface area contributed by atoms with E-state index in [0.717, 1.165) is 11.4 Å². The normalized spacial score (nSPS) is 21.5. The summed E-state index contributed by atoms with van der Waals surface area (Å²) in [6.45, 7) is 4.47. The molecule has 1 atom stereocenters. The first-order valence-corrected chi connectivity index (χ1v) is 7.36. The van der Waals surface area contributed by atoms with Gasteiger partial charge in [0.15, 0.2) is 4.21 Å². The summed E-state index contributed by atoms with van der Waals surface area (Å²) in [5.74, 6) is 0. The Balaban J connectivity index is 0.00000144. The van der Waals surface area contributed by atoms with E-state index in [2.05, 4.69) is 4.98 Å². The monoisotopic (exact) mass is 297 g/mol. The number of sulfonamides is 1. The predicted octanol–water partition coefficient (Wildman–Crippen LogP) is 0.903. The average molecular weight is 298 g/mol. The molecule has 2 N–H and O–H groups in total. The van der Waals surface area contributed by atoms with Gasteiger partial charge >= 0.3 is 0 Å². The van der Waals surface area contributed by atoms with Gasteiger partial charge in [0.2, 0.25) is 0 Å². The zero-order valence-electron chi connectivity index (χ0n) is 9.71. The van der Waals surface area contributed by atoms with E-state index < -0.39 is 10.0 Å². The van der Waals surface area contributed by atoms with Crippen LogP contribution in [-0.4, -0.2) is 36.8 Å². The van der Waals surface area contributed by atoms with Gasteiger partial charge in [-0.3, -0.25) is 0 Å². The zero-order valence-corrected chi connectivity index (χ0v) is 12.2. The second-order valence-electron chi connectivity index (χ2n) is 4.02. The molecule has 0 unspecified atom stereocenters. The maximum absolute atomic E-state index is 12.3. The molecular weight excluding hydrogens is 282 g/mol. The van der Waals surface area contributed by atoms with E-state index in [0.29, 0.717) is 23.0 Å². The Morgan fingerprint density at radius 1 is 1.47 bits per heavy atom. The van der Waals surface area contributed by atoms with Crippen molar-refractivity contribution < 1.29 is 8.42 Å². The van der Waals surface area contributed by atoms with Crippen molar-refractivity contribution >= 4 is 33.8 Å². The Hall–Kier alpha value is -0.210. The SMILES string of the molecule is Cc1nc(C)c(S(=O)(=O)N2CC[C@@H](N)C2)s1.Cl. The van der Waals surface area contributed by atoms with Crippen molar-refractivity contribution in [2.45, 2.75) is 30.5 Å². The van der Waals surface area contributed by atoms with Gasteiger partial charge in [-0.1, -0.05) is 0 Å². The van der Waals surface area contributed by atoms with Crippen LogP contribution >= 0.6 is 23.7 Å². The number of nitrogens with zero attached hydrogens (tertiary/aromatic N) is 2. The Morgan fingerprint density at radius 2 is 2.12 bits per heavy atom. The maximum Gasteiger partial charge on any atom is 0.254 e. The van der Waals surface area contributed by atoms with Gasteiger partial charge in [0.05, 0.1) is 10.7 Å². The number of halogens is 1. The minimum Gasteiger partial charge on any atom is -0.326 e. The third-order valence-corrected chi connectivity index (χ3v) is 6.15. The van der Waals surface area contributed by atoms with Gasteiger partial charge < -0.3 is 5.73 Å². The number of hydrogen-bond donors (Lipinski definition) is 1. The van der Waals surface area contributed by atoms with Crippen LogP contribution in [0.2, 0.25) is 0 Å². The first-order valence-electron chi connectivity index (χ1n) is 5.11. The van der Waals surface area contributed by atoms with Gasteiger partial charge in [0.1, 0.15) is 0 Å². The van der Waals surface area contributed by atoms with E-state index in [4.69, 9.17) is 5.73 Å². The summed E-state index contributed by atoms with van der Waals surface area (Å²) in [5, 5.41) is 0.777. The van der Waals surface area contributed by atoms with E-state index in [-0.39, 0.29) is 18.4 Å². The molecule has 1 aliphatic heterocycles. The molecule has 1 saturated heterocycles. The van der Waals surface area contributed by atoms with Crippen LogP contribution in [0.5, 0.6) is 0 Å². The highest BCUT2D eigenvalue weighted by Crippen LogP contribution is 2.28. The highest BCUT2D eigenvalue weighted by atomic mass is 35.5. The number of aromatic nitrogens is 1. The number of nitrogens with two attached hydrogens (primary N) is 1. The van der Waals surface area contributed by atoms with Crippen molar-refractivity contribution in [3.05, 3.63) is 10.7 Å². The van der Waals surface area contributed by atoms with E-state index in [1.165, 1.54) is 15.6 Å². The minimum absolute atomic E-state index is 0. The molecule has 1 aromatic heterocycles. The molecular formula is C9H16ClN3O2S2. The van der Waals surface area contributed by atoms with Crippen molar-refractivity contribution in [3.63, 3.8) is 0 Å². The Labute approximate surface area is 111 Å². The molecule has 0 radical (unpaired) electrons. The van der Waals surface area contributed by atoms with Gasteiger partial charge in [-0.25, -0.2) is 13.4 Å². The van der Waals surface area contributed by atoms with Crippen molar-refractivity contribution in [1.29, 1.82) is 0 Å².